The molecule has 0 atom stereocenters. The second kappa shape index (κ2) is 5.24. The van der Waals surface area contributed by atoms with Crippen LogP contribution < -0.4 is 0 Å². The van der Waals surface area contributed by atoms with Crippen LogP contribution in [0, 0.1) is 0 Å². The summed E-state index contributed by atoms with van der Waals surface area (Å²) < 4.78 is 11.6. The highest BCUT2D eigenvalue weighted by Crippen LogP contribution is 2.30. The zero-order chi connectivity index (χ0) is 15.8. The highest BCUT2D eigenvalue weighted by molar-refractivity contribution is 6.11. The molecule has 0 aliphatic carbocycles. The lowest BCUT2D eigenvalue weighted by atomic mass is 10.0. The average Bonchev–Trinajstić information content (AvgIpc) is 2.89. The van der Waals surface area contributed by atoms with Crippen LogP contribution in [0.4, 0.5) is 0 Å². The third-order valence-electron chi connectivity index (χ3n) is 3.38. The second-order valence-electron chi connectivity index (χ2n) is 5.76. The van der Waals surface area contributed by atoms with Crippen molar-refractivity contribution in [3.05, 3.63) is 35.5 Å². The lowest BCUT2D eigenvalue weighted by molar-refractivity contribution is 0.0589. The summed E-state index contributed by atoms with van der Waals surface area (Å²) in [6, 6.07) is 5.01. The van der Waals surface area contributed by atoms with Gasteiger partial charge in [-0.2, -0.15) is 0 Å². The second-order valence-corrected chi connectivity index (χ2v) is 5.76. The van der Waals surface area contributed by atoms with E-state index in [-0.39, 0.29) is 5.54 Å². The molecule has 0 spiro atoms. The first-order valence-corrected chi connectivity index (χ1v) is 6.62. The summed E-state index contributed by atoms with van der Waals surface area (Å²) in [5.74, 6) is -0.858. The SMILES string of the molecule is COC(=O)c1ccc(C(=O)OC)c2c1ccn2C(C)(C)C. The van der Waals surface area contributed by atoms with Crippen LogP contribution in [-0.2, 0) is 15.0 Å². The molecule has 1 aromatic heterocycles. The van der Waals surface area contributed by atoms with E-state index in [1.54, 1.807) is 12.1 Å². The molecule has 0 saturated carbocycles. The molecule has 0 saturated heterocycles. The van der Waals surface area contributed by atoms with Gasteiger partial charge in [0.25, 0.3) is 0 Å². The zero-order valence-electron chi connectivity index (χ0n) is 12.9. The number of carbonyl (C=O) groups excluding carboxylic acids is 2. The number of ether oxygens (including phenoxy) is 2. The predicted octanol–water partition coefficient (Wildman–Crippen LogP) is 2.97. The fourth-order valence-electron chi connectivity index (χ4n) is 2.38. The zero-order valence-corrected chi connectivity index (χ0v) is 12.9. The summed E-state index contributed by atoms with van der Waals surface area (Å²) in [7, 11) is 2.68. The van der Waals surface area contributed by atoms with E-state index in [4.69, 9.17) is 9.47 Å². The first kappa shape index (κ1) is 15.1. The van der Waals surface area contributed by atoms with Crippen molar-refractivity contribution < 1.29 is 19.1 Å². The minimum Gasteiger partial charge on any atom is -0.465 e. The normalized spacial score (nSPS) is 11.5. The number of esters is 2. The van der Waals surface area contributed by atoms with Gasteiger partial charge >= 0.3 is 11.9 Å². The van der Waals surface area contributed by atoms with Crippen LogP contribution in [0.2, 0.25) is 0 Å². The Morgan fingerprint density at radius 1 is 0.952 bits per heavy atom. The molecule has 1 aromatic carbocycles. The molecule has 5 heteroatoms. The third-order valence-corrected chi connectivity index (χ3v) is 3.38. The molecule has 0 radical (unpaired) electrons. The summed E-state index contributed by atoms with van der Waals surface area (Å²) in [5, 5.41) is 0.680. The monoisotopic (exact) mass is 289 g/mol. The molecule has 0 fully saturated rings. The van der Waals surface area contributed by atoms with Gasteiger partial charge in [-0.1, -0.05) is 0 Å². The quantitative estimate of drug-likeness (QED) is 0.798. The van der Waals surface area contributed by atoms with Crippen molar-refractivity contribution in [3.8, 4) is 0 Å². The van der Waals surface area contributed by atoms with Crippen molar-refractivity contribution in [1.29, 1.82) is 0 Å². The van der Waals surface area contributed by atoms with E-state index < -0.39 is 11.9 Å². The van der Waals surface area contributed by atoms with Gasteiger partial charge in [0.1, 0.15) is 0 Å². The van der Waals surface area contributed by atoms with Crippen LogP contribution in [0.5, 0.6) is 0 Å². The van der Waals surface area contributed by atoms with E-state index in [0.717, 1.165) is 0 Å². The maximum absolute atomic E-state index is 12.0. The summed E-state index contributed by atoms with van der Waals surface area (Å²) in [6.07, 6.45) is 1.86. The molecular formula is C16H19NO4. The number of hydrogen-bond donors (Lipinski definition) is 0. The number of carbonyl (C=O) groups is 2. The van der Waals surface area contributed by atoms with Crippen molar-refractivity contribution in [2.75, 3.05) is 14.2 Å². The highest BCUT2D eigenvalue weighted by Gasteiger charge is 2.24. The highest BCUT2D eigenvalue weighted by atomic mass is 16.5. The molecule has 21 heavy (non-hydrogen) atoms. The predicted molar refractivity (Wildman–Crippen MR) is 79.6 cm³/mol. The van der Waals surface area contributed by atoms with Gasteiger partial charge in [0.05, 0.1) is 30.9 Å². The maximum atomic E-state index is 12.0. The average molecular weight is 289 g/mol. The minimum atomic E-state index is -0.430. The van der Waals surface area contributed by atoms with Crippen molar-refractivity contribution in [2.24, 2.45) is 0 Å². The molecule has 0 unspecified atom stereocenters. The largest absolute Gasteiger partial charge is 0.465 e. The smallest absolute Gasteiger partial charge is 0.340 e. The topological polar surface area (TPSA) is 57.5 Å². The fraction of sp³-hybridized carbons (Fsp3) is 0.375. The van der Waals surface area contributed by atoms with Crippen LogP contribution in [0.15, 0.2) is 24.4 Å². The molecule has 5 nitrogen and oxygen atoms in total. The van der Waals surface area contributed by atoms with Crippen molar-refractivity contribution in [1.82, 2.24) is 4.57 Å². The van der Waals surface area contributed by atoms with Gasteiger partial charge in [-0.05, 0) is 39.0 Å². The number of rotatable bonds is 2. The van der Waals surface area contributed by atoms with Gasteiger partial charge in [0, 0.05) is 17.1 Å². The number of aromatic nitrogens is 1. The van der Waals surface area contributed by atoms with E-state index in [0.29, 0.717) is 22.0 Å². The maximum Gasteiger partial charge on any atom is 0.340 e. The molecule has 0 N–H and O–H groups in total. The third kappa shape index (κ3) is 2.51. The number of methoxy groups -OCH3 is 2. The van der Waals surface area contributed by atoms with E-state index >= 15 is 0 Å². The molecule has 2 aromatic rings. The van der Waals surface area contributed by atoms with Crippen LogP contribution in [0.3, 0.4) is 0 Å². The summed E-state index contributed by atoms with van der Waals surface area (Å²) >= 11 is 0. The molecule has 2 rings (SSSR count). The van der Waals surface area contributed by atoms with Crippen LogP contribution in [-0.4, -0.2) is 30.7 Å². The summed E-state index contributed by atoms with van der Waals surface area (Å²) in [6.45, 7) is 6.08. The van der Waals surface area contributed by atoms with E-state index in [2.05, 4.69) is 0 Å². The number of benzene rings is 1. The summed E-state index contributed by atoms with van der Waals surface area (Å²) in [5.41, 5.74) is 1.31. The lowest BCUT2D eigenvalue weighted by Gasteiger charge is -2.23. The molecule has 0 aliphatic rings. The van der Waals surface area contributed by atoms with E-state index in [1.165, 1.54) is 14.2 Å². The first-order chi connectivity index (χ1) is 9.81. The first-order valence-electron chi connectivity index (χ1n) is 6.62. The Hall–Kier alpha value is -2.30. The number of hydrogen-bond acceptors (Lipinski definition) is 4. The number of nitrogens with zero attached hydrogens (tertiary/aromatic N) is 1. The van der Waals surface area contributed by atoms with E-state index in [9.17, 15) is 9.59 Å². The summed E-state index contributed by atoms with van der Waals surface area (Å²) in [4.78, 5) is 23.9. The Labute approximate surface area is 123 Å². The molecule has 112 valence electrons. The van der Waals surface area contributed by atoms with Crippen molar-refractivity contribution in [3.63, 3.8) is 0 Å². The van der Waals surface area contributed by atoms with Gasteiger partial charge in [-0.15, -0.1) is 0 Å². The molecule has 0 amide bonds. The Bertz CT molecular complexity index is 707. The van der Waals surface area contributed by atoms with Gasteiger partial charge in [-0.25, -0.2) is 9.59 Å². The van der Waals surface area contributed by atoms with Crippen LogP contribution >= 0.6 is 0 Å². The molecule has 0 aliphatic heterocycles. The molecular weight excluding hydrogens is 270 g/mol. The van der Waals surface area contributed by atoms with Gasteiger partial charge < -0.3 is 14.0 Å². The Balaban J connectivity index is 2.85. The standard InChI is InChI=1S/C16H19NO4/c1-16(2,3)17-9-8-10-11(14(18)20-4)6-7-12(13(10)17)15(19)21-5/h6-9H,1-5H3. The lowest BCUT2D eigenvalue weighted by Crippen LogP contribution is -2.22. The number of fused-ring (bicyclic) bond motifs is 1. The van der Waals surface area contributed by atoms with Crippen LogP contribution in [0.25, 0.3) is 10.9 Å². The van der Waals surface area contributed by atoms with Gasteiger partial charge in [0.2, 0.25) is 0 Å². The molecule has 0 bridgehead atoms. The van der Waals surface area contributed by atoms with Crippen molar-refractivity contribution in [2.45, 2.75) is 26.3 Å². The Kier molecular flexibility index (Phi) is 3.77. The van der Waals surface area contributed by atoms with E-state index in [1.807, 2.05) is 37.6 Å². The van der Waals surface area contributed by atoms with Crippen molar-refractivity contribution >= 4 is 22.8 Å². The van der Waals surface area contributed by atoms with Gasteiger partial charge in [-0.3, -0.25) is 0 Å². The fourth-order valence-corrected chi connectivity index (χ4v) is 2.38. The Morgan fingerprint density at radius 3 is 2.00 bits per heavy atom. The van der Waals surface area contributed by atoms with Crippen LogP contribution in [0.1, 0.15) is 41.5 Å². The van der Waals surface area contributed by atoms with Gasteiger partial charge in [0.15, 0.2) is 0 Å². The molecule has 1 heterocycles. The minimum absolute atomic E-state index is 0.237. The Morgan fingerprint density at radius 2 is 1.48 bits per heavy atom.